The number of hydrogen-bond donors (Lipinski definition) is 2. The molecular formula is C38H42F6N4O6S. The third kappa shape index (κ3) is 8.27. The average molecular weight is 797 g/mol. The molecule has 0 bridgehead atoms. The molecule has 3 aromatic rings. The van der Waals surface area contributed by atoms with E-state index in [9.17, 15) is 45.8 Å². The van der Waals surface area contributed by atoms with Gasteiger partial charge in [-0.15, -0.1) is 11.3 Å². The predicted octanol–water partition coefficient (Wildman–Crippen LogP) is 7.51. The van der Waals surface area contributed by atoms with Gasteiger partial charge in [0.2, 0.25) is 5.60 Å². The van der Waals surface area contributed by atoms with Crippen molar-refractivity contribution in [2.45, 2.75) is 100 Å². The molecule has 55 heavy (non-hydrogen) atoms. The molecule has 0 spiro atoms. The lowest BCUT2D eigenvalue weighted by Gasteiger charge is -2.51. The topological polar surface area (TPSA) is 135 Å². The maximum absolute atomic E-state index is 15.0. The fraction of sp³-hybridized carbons (Fsp3) is 0.526. The second kappa shape index (κ2) is 15.6. The van der Waals surface area contributed by atoms with Crippen LogP contribution in [0.1, 0.15) is 91.2 Å². The number of carbonyl (C=O) groups is 3. The van der Waals surface area contributed by atoms with E-state index in [4.69, 9.17) is 15.2 Å². The molecule has 17 heteroatoms. The molecule has 4 heterocycles. The van der Waals surface area contributed by atoms with Crippen molar-refractivity contribution in [1.29, 1.82) is 0 Å². The number of aliphatic carboxylic acids is 1. The molecule has 2 aliphatic heterocycles. The van der Waals surface area contributed by atoms with Gasteiger partial charge in [0.05, 0.1) is 23.6 Å². The van der Waals surface area contributed by atoms with Crippen LogP contribution in [0.3, 0.4) is 0 Å². The molecule has 6 rings (SSSR count). The van der Waals surface area contributed by atoms with Crippen molar-refractivity contribution >= 4 is 29.1 Å². The van der Waals surface area contributed by atoms with E-state index >= 15 is 0 Å². The molecule has 3 N–H and O–H groups in total. The summed E-state index contributed by atoms with van der Waals surface area (Å²) in [5.74, 6) is -2.79. The number of thiophene rings is 1. The number of halogens is 6. The third-order valence-electron chi connectivity index (χ3n) is 10.9. The van der Waals surface area contributed by atoms with Crippen molar-refractivity contribution in [3.05, 3.63) is 75.7 Å². The van der Waals surface area contributed by atoms with Crippen LogP contribution in [0.2, 0.25) is 0 Å². The van der Waals surface area contributed by atoms with E-state index in [1.807, 2.05) is 6.07 Å². The van der Waals surface area contributed by atoms with E-state index in [1.54, 1.807) is 25.1 Å². The Morgan fingerprint density at radius 3 is 2.36 bits per heavy atom. The molecule has 0 unspecified atom stereocenters. The van der Waals surface area contributed by atoms with Gasteiger partial charge in [0, 0.05) is 54.8 Å². The molecule has 0 radical (unpaired) electrons. The van der Waals surface area contributed by atoms with Crippen LogP contribution in [-0.4, -0.2) is 75.1 Å². The van der Waals surface area contributed by atoms with Crippen molar-refractivity contribution < 1.29 is 55.3 Å². The van der Waals surface area contributed by atoms with Crippen molar-refractivity contribution in [3.63, 3.8) is 0 Å². The maximum atomic E-state index is 15.0. The molecule has 3 fully saturated rings. The molecule has 298 valence electrons. The lowest BCUT2D eigenvalue weighted by Crippen LogP contribution is -2.69. The number of hydrogen-bond acceptors (Lipinski definition) is 8. The number of para-hydroxylation sites is 1. The Labute approximate surface area is 317 Å². The van der Waals surface area contributed by atoms with Crippen LogP contribution in [0, 0.1) is 5.92 Å². The van der Waals surface area contributed by atoms with Crippen LogP contribution in [0.15, 0.2) is 54.0 Å². The van der Waals surface area contributed by atoms with Gasteiger partial charge in [-0.2, -0.15) is 26.3 Å². The quantitative estimate of drug-likeness (QED) is 0.202. The summed E-state index contributed by atoms with van der Waals surface area (Å²) in [6.07, 6.45) is -6.44. The lowest BCUT2D eigenvalue weighted by atomic mass is 9.77. The summed E-state index contributed by atoms with van der Waals surface area (Å²) in [6.45, 7) is 1.89. The number of aromatic nitrogens is 1. The summed E-state index contributed by atoms with van der Waals surface area (Å²) in [5.41, 5.74) is 2.66. The van der Waals surface area contributed by atoms with Gasteiger partial charge in [0.15, 0.2) is 0 Å². The van der Waals surface area contributed by atoms with Crippen LogP contribution < -0.4 is 15.2 Å². The zero-order valence-corrected chi connectivity index (χ0v) is 30.8. The standard InChI is InChI=1S/C38H42F6N4O6S/c1-2-7-29-36(54-25-21-30(55-22-25)38(42,43)44,13-6-17-48(29)32(49)31-27(37(39,40)41)9-5-16-46-31)34(52)47-18-14-35(45,15-19-47)26-8-3-4-10-28(26)53-24-12-11-23(20-24)33(50)51/h3-5,8-10,16,21-24,29H,2,6-7,11-15,17-20,45H2,1H3,(H,50,51)/t23-,24+,29-,36+/m1/s1. The molecule has 4 atom stereocenters. The number of rotatable bonds is 10. The lowest BCUT2D eigenvalue weighted by molar-refractivity contribution is -0.161. The molecule has 1 aliphatic carbocycles. The summed E-state index contributed by atoms with van der Waals surface area (Å²) < 4.78 is 95.9. The second-order valence-electron chi connectivity index (χ2n) is 14.5. The van der Waals surface area contributed by atoms with Crippen LogP contribution in [0.5, 0.6) is 11.5 Å². The normalized spacial score (nSPS) is 24.4. The largest absolute Gasteiger partial charge is 0.490 e. The number of piperidine rings is 2. The van der Waals surface area contributed by atoms with Gasteiger partial charge in [-0.25, -0.2) is 0 Å². The maximum Gasteiger partial charge on any atom is 0.425 e. The summed E-state index contributed by atoms with van der Waals surface area (Å²) >= 11 is 0.378. The highest BCUT2D eigenvalue weighted by atomic mass is 32.1. The minimum atomic E-state index is -4.91. The smallest absolute Gasteiger partial charge is 0.425 e. The van der Waals surface area contributed by atoms with Gasteiger partial charge in [0.25, 0.3) is 11.8 Å². The van der Waals surface area contributed by atoms with Gasteiger partial charge in [-0.05, 0) is 63.1 Å². The number of ether oxygens (including phenoxy) is 2. The van der Waals surface area contributed by atoms with Gasteiger partial charge < -0.3 is 30.1 Å². The summed E-state index contributed by atoms with van der Waals surface area (Å²) in [7, 11) is 0. The van der Waals surface area contributed by atoms with E-state index in [0.717, 1.165) is 34.7 Å². The summed E-state index contributed by atoms with van der Waals surface area (Å²) in [5, 5.41) is 10.6. The molecular weight excluding hydrogens is 754 g/mol. The number of alkyl halides is 6. The molecule has 2 amide bonds. The average Bonchev–Trinajstić information content (AvgIpc) is 3.82. The minimum absolute atomic E-state index is 0.0223. The number of carboxylic acid groups (broad SMARTS) is 1. The predicted molar refractivity (Wildman–Crippen MR) is 188 cm³/mol. The van der Waals surface area contributed by atoms with Gasteiger partial charge in [0.1, 0.15) is 22.1 Å². The number of carbonyl (C=O) groups excluding carboxylic acids is 2. The molecule has 1 saturated carbocycles. The summed E-state index contributed by atoms with van der Waals surface area (Å²) in [4.78, 5) is 46.0. The Hall–Kier alpha value is -4.38. The molecule has 2 saturated heterocycles. The number of likely N-dealkylation sites (tertiary alicyclic amines) is 2. The highest BCUT2D eigenvalue weighted by Crippen LogP contribution is 2.44. The van der Waals surface area contributed by atoms with Crippen molar-refractivity contribution in [3.8, 4) is 11.5 Å². The first-order chi connectivity index (χ1) is 26.0. The SMILES string of the molecule is CCC[C@H]1N(C(=O)c2ncccc2C(F)(F)F)CCC[C@@]1(Oc1csc(C(F)(F)F)c1)C(=O)N1CCC(N)(c2ccccc2O[C@H]2CC[C@@H](C(=O)O)C2)CC1. The zero-order valence-electron chi connectivity index (χ0n) is 30.0. The van der Waals surface area contributed by atoms with E-state index in [2.05, 4.69) is 4.98 Å². The highest BCUT2D eigenvalue weighted by Gasteiger charge is 2.56. The molecule has 1 aromatic carbocycles. The molecule has 2 aromatic heterocycles. The number of amides is 2. The molecule has 3 aliphatic rings. The Morgan fingerprint density at radius 1 is 1.00 bits per heavy atom. The van der Waals surface area contributed by atoms with Crippen molar-refractivity contribution in [1.82, 2.24) is 14.8 Å². The van der Waals surface area contributed by atoms with Crippen molar-refractivity contribution in [2.75, 3.05) is 19.6 Å². The number of pyridine rings is 1. The number of benzene rings is 1. The van der Waals surface area contributed by atoms with Gasteiger partial charge in [-0.3, -0.25) is 19.4 Å². The monoisotopic (exact) mass is 796 g/mol. The Kier molecular flexibility index (Phi) is 11.5. The highest BCUT2D eigenvalue weighted by molar-refractivity contribution is 7.10. The third-order valence-corrected chi connectivity index (χ3v) is 11.9. The fourth-order valence-corrected chi connectivity index (χ4v) is 8.83. The Morgan fingerprint density at radius 2 is 1.73 bits per heavy atom. The van der Waals surface area contributed by atoms with E-state index in [0.29, 0.717) is 48.3 Å². The van der Waals surface area contributed by atoms with Gasteiger partial charge >= 0.3 is 18.3 Å². The summed E-state index contributed by atoms with van der Waals surface area (Å²) in [6, 6.07) is 8.60. The molecule has 10 nitrogen and oxygen atoms in total. The van der Waals surface area contributed by atoms with Crippen molar-refractivity contribution in [2.24, 2.45) is 11.7 Å². The van der Waals surface area contributed by atoms with E-state index < -0.39 is 69.4 Å². The van der Waals surface area contributed by atoms with Crippen LogP contribution in [-0.2, 0) is 27.5 Å². The van der Waals surface area contributed by atoms with E-state index in [-0.39, 0.29) is 63.6 Å². The van der Waals surface area contributed by atoms with Gasteiger partial charge in [-0.1, -0.05) is 31.5 Å². The number of nitrogens with zero attached hydrogens (tertiary/aromatic N) is 3. The van der Waals surface area contributed by atoms with Crippen LogP contribution >= 0.6 is 11.3 Å². The Bertz CT molecular complexity index is 1880. The van der Waals surface area contributed by atoms with E-state index in [1.165, 1.54) is 4.90 Å². The number of carboxylic acids is 1. The zero-order chi connectivity index (χ0) is 39.8. The first kappa shape index (κ1) is 40.3. The Balaban J connectivity index is 1.31. The first-order valence-corrected chi connectivity index (χ1v) is 19.1. The fourth-order valence-electron chi connectivity index (χ4n) is 8.15. The number of nitrogens with two attached hydrogens (primary N) is 1. The second-order valence-corrected chi connectivity index (χ2v) is 15.4. The van der Waals surface area contributed by atoms with Crippen LogP contribution in [0.4, 0.5) is 26.3 Å². The minimum Gasteiger partial charge on any atom is -0.490 e. The first-order valence-electron chi connectivity index (χ1n) is 18.2. The van der Waals surface area contributed by atoms with Crippen LogP contribution in [0.25, 0.3) is 0 Å².